The van der Waals surface area contributed by atoms with Gasteiger partial charge in [0.05, 0.1) is 15.6 Å². The van der Waals surface area contributed by atoms with Crippen LogP contribution in [0.15, 0.2) is 16.6 Å². The predicted molar refractivity (Wildman–Crippen MR) is 64.2 cm³/mol. The molecule has 0 fully saturated rings. The average Bonchev–Trinajstić information content (AvgIpc) is 2.45. The van der Waals surface area contributed by atoms with Crippen LogP contribution in [0.1, 0.15) is 34.6 Å². The first-order valence-corrected chi connectivity index (χ1v) is 5.70. The Bertz CT molecular complexity index is 497. The first-order valence-electron chi connectivity index (χ1n) is 4.91. The number of imide groups is 1. The molecule has 0 aromatic heterocycles. The molecule has 0 unspecified atom stereocenters. The lowest BCUT2D eigenvalue weighted by atomic mass is 10.1. The number of carbonyl (C=O) groups excluding carboxylic acids is 2. The van der Waals surface area contributed by atoms with E-state index in [0.29, 0.717) is 21.3 Å². The van der Waals surface area contributed by atoms with Gasteiger partial charge in [0.15, 0.2) is 0 Å². The lowest BCUT2D eigenvalue weighted by molar-refractivity contribution is 0.0609. The van der Waals surface area contributed by atoms with Crippen LogP contribution in [0.5, 0.6) is 0 Å². The van der Waals surface area contributed by atoms with Crippen LogP contribution in [-0.4, -0.2) is 22.8 Å². The molecule has 0 spiro atoms. The third kappa shape index (κ3) is 1.35. The number of nitrogens with zero attached hydrogens (tertiary/aromatic N) is 1. The van der Waals surface area contributed by atoms with Gasteiger partial charge in [-0.25, -0.2) is 0 Å². The Morgan fingerprint density at radius 1 is 1.25 bits per heavy atom. The molecule has 1 aromatic rings. The summed E-state index contributed by atoms with van der Waals surface area (Å²) in [5, 5.41) is 0. The predicted octanol–water partition coefficient (Wildman–Crippen LogP) is 2.04. The van der Waals surface area contributed by atoms with Crippen molar-refractivity contribution in [2.75, 3.05) is 5.73 Å². The van der Waals surface area contributed by atoms with Crippen molar-refractivity contribution in [3.63, 3.8) is 0 Å². The van der Waals surface area contributed by atoms with Gasteiger partial charge in [0, 0.05) is 11.7 Å². The third-order valence-electron chi connectivity index (χ3n) is 2.57. The van der Waals surface area contributed by atoms with Crippen LogP contribution in [0.2, 0.25) is 0 Å². The molecule has 16 heavy (non-hydrogen) atoms. The van der Waals surface area contributed by atoms with Crippen molar-refractivity contribution in [2.24, 2.45) is 0 Å². The third-order valence-corrected chi connectivity index (χ3v) is 3.42. The molecule has 2 N–H and O–H groups in total. The molecule has 0 bridgehead atoms. The summed E-state index contributed by atoms with van der Waals surface area (Å²) in [6.45, 7) is 3.61. The van der Waals surface area contributed by atoms with E-state index >= 15 is 0 Å². The molecule has 0 aliphatic carbocycles. The Hall–Kier alpha value is -1.36. The summed E-state index contributed by atoms with van der Waals surface area (Å²) in [4.78, 5) is 25.2. The molecule has 1 aliphatic heterocycles. The highest BCUT2D eigenvalue weighted by atomic mass is 79.9. The number of anilines is 1. The van der Waals surface area contributed by atoms with Crippen LogP contribution in [-0.2, 0) is 0 Å². The van der Waals surface area contributed by atoms with Crippen molar-refractivity contribution in [3.05, 3.63) is 27.7 Å². The Balaban J connectivity index is 2.65. The zero-order valence-electron chi connectivity index (χ0n) is 8.95. The number of nitrogen functional groups attached to an aromatic ring is 1. The highest BCUT2D eigenvalue weighted by Crippen LogP contribution is 2.34. The van der Waals surface area contributed by atoms with Gasteiger partial charge >= 0.3 is 0 Å². The van der Waals surface area contributed by atoms with Crippen molar-refractivity contribution < 1.29 is 9.59 Å². The topological polar surface area (TPSA) is 63.4 Å². The van der Waals surface area contributed by atoms with E-state index in [1.54, 1.807) is 26.0 Å². The second-order valence-electron chi connectivity index (χ2n) is 3.97. The van der Waals surface area contributed by atoms with Crippen LogP contribution in [0.3, 0.4) is 0 Å². The maximum atomic E-state index is 12.0. The minimum atomic E-state index is -0.283. The largest absolute Gasteiger partial charge is 0.398 e. The van der Waals surface area contributed by atoms with Crippen molar-refractivity contribution >= 4 is 33.4 Å². The van der Waals surface area contributed by atoms with E-state index in [0.717, 1.165) is 0 Å². The quantitative estimate of drug-likeness (QED) is 0.633. The van der Waals surface area contributed by atoms with Crippen LogP contribution >= 0.6 is 15.9 Å². The van der Waals surface area contributed by atoms with Crippen LogP contribution < -0.4 is 5.73 Å². The van der Waals surface area contributed by atoms with Crippen molar-refractivity contribution in [1.82, 2.24) is 4.90 Å². The van der Waals surface area contributed by atoms with Gasteiger partial charge in [0.2, 0.25) is 0 Å². The maximum Gasteiger partial charge on any atom is 0.263 e. The Labute approximate surface area is 102 Å². The molecule has 0 atom stereocenters. The van der Waals surface area contributed by atoms with Gasteiger partial charge in [-0.1, -0.05) is 0 Å². The molecular weight excluding hydrogens is 272 g/mol. The Kier molecular flexibility index (Phi) is 2.50. The lowest BCUT2D eigenvalue weighted by Crippen LogP contribution is -2.35. The molecule has 0 saturated heterocycles. The van der Waals surface area contributed by atoms with E-state index in [1.807, 2.05) is 0 Å². The number of halogens is 1. The first-order chi connectivity index (χ1) is 7.45. The number of carbonyl (C=O) groups is 2. The van der Waals surface area contributed by atoms with Gasteiger partial charge in [-0.05, 0) is 41.9 Å². The maximum absolute atomic E-state index is 12.0. The number of hydrogen-bond acceptors (Lipinski definition) is 3. The summed E-state index contributed by atoms with van der Waals surface area (Å²) < 4.78 is 0.506. The van der Waals surface area contributed by atoms with Crippen LogP contribution in [0.25, 0.3) is 0 Å². The normalized spacial score (nSPS) is 14.9. The monoisotopic (exact) mass is 282 g/mol. The zero-order valence-corrected chi connectivity index (χ0v) is 10.5. The van der Waals surface area contributed by atoms with Gasteiger partial charge in [-0.3, -0.25) is 14.5 Å². The number of amides is 2. The van der Waals surface area contributed by atoms with Crippen LogP contribution in [0, 0.1) is 0 Å². The highest BCUT2D eigenvalue weighted by Gasteiger charge is 2.38. The fourth-order valence-electron chi connectivity index (χ4n) is 1.79. The highest BCUT2D eigenvalue weighted by molar-refractivity contribution is 9.10. The summed E-state index contributed by atoms with van der Waals surface area (Å²) in [6.07, 6.45) is 0. The van der Waals surface area contributed by atoms with Gasteiger partial charge in [-0.15, -0.1) is 0 Å². The van der Waals surface area contributed by atoms with Gasteiger partial charge in [0.1, 0.15) is 0 Å². The number of rotatable bonds is 1. The summed E-state index contributed by atoms with van der Waals surface area (Å²) >= 11 is 3.25. The van der Waals surface area contributed by atoms with Gasteiger partial charge in [0.25, 0.3) is 11.8 Å². The molecule has 84 valence electrons. The fourth-order valence-corrected chi connectivity index (χ4v) is 2.31. The van der Waals surface area contributed by atoms with Gasteiger partial charge in [-0.2, -0.15) is 0 Å². The van der Waals surface area contributed by atoms with Crippen molar-refractivity contribution in [3.8, 4) is 0 Å². The van der Waals surface area contributed by atoms with E-state index in [-0.39, 0.29) is 17.9 Å². The second kappa shape index (κ2) is 3.59. The fraction of sp³-hybridized carbons (Fsp3) is 0.273. The SMILES string of the molecule is CC(C)N1C(=O)c2ccc(N)c(Br)c2C1=O. The molecule has 1 aromatic carbocycles. The number of nitrogens with two attached hydrogens (primary N) is 1. The van der Waals surface area contributed by atoms with E-state index in [1.165, 1.54) is 4.90 Å². The summed E-state index contributed by atoms with van der Waals surface area (Å²) in [7, 11) is 0. The first kappa shape index (κ1) is 11.1. The summed E-state index contributed by atoms with van der Waals surface area (Å²) in [5.74, 6) is -0.537. The average molecular weight is 283 g/mol. The zero-order chi connectivity index (χ0) is 12.0. The molecule has 4 nitrogen and oxygen atoms in total. The molecule has 0 radical (unpaired) electrons. The molecule has 1 heterocycles. The molecule has 2 rings (SSSR count). The second-order valence-corrected chi connectivity index (χ2v) is 4.76. The minimum absolute atomic E-state index is 0.152. The standard InChI is InChI=1S/C11H11BrN2O2/c1-5(2)14-10(15)6-3-4-7(13)9(12)8(6)11(14)16/h3-5H,13H2,1-2H3. The Morgan fingerprint density at radius 2 is 1.88 bits per heavy atom. The van der Waals surface area contributed by atoms with E-state index < -0.39 is 0 Å². The van der Waals surface area contributed by atoms with E-state index in [2.05, 4.69) is 15.9 Å². The minimum Gasteiger partial charge on any atom is -0.398 e. The molecule has 1 aliphatic rings. The van der Waals surface area contributed by atoms with Crippen molar-refractivity contribution in [2.45, 2.75) is 19.9 Å². The van der Waals surface area contributed by atoms with E-state index in [9.17, 15) is 9.59 Å². The Morgan fingerprint density at radius 3 is 2.44 bits per heavy atom. The van der Waals surface area contributed by atoms with Crippen LogP contribution in [0.4, 0.5) is 5.69 Å². The number of fused-ring (bicyclic) bond motifs is 1. The van der Waals surface area contributed by atoms with Crippen molar-refractivity contribution in [1.29, 1.82) is 0 Å². The summed E-state index contributed by atoms with van der Waals surface area (Å²) in [6, 6.07) is 3.07. The van der Waals surface area contributed by atoms with E-state index in [4.69, 9.17) is 5.73 Å². The number of hydrogen-bond donors (Lipinski definition) is 1. The molecular formula is C11H11BrN2O2. The molecule has 0 saturated carbocycles. The smallest absolute Gasteiger partial charge is 0.263 e. The summed E-state index contributed by atoms with van der Waals surface area (Å²) in [5.41, 5.74) is 6.95. The molecule has 5 heteroatoms. The lowest BCUT2D eigenvalue weighted by Gasteiger charge is -2.17. The van der Waals surface area contributed by atoms with Gasteiger partial charge < -0.3 is 5.73 Å². The molecule has 2 amide bonds. The number of benzene rings is 1.